The Hall–Kier alpha value is -7.75. The number of hydrogen-bond acceptors (Lipinski definition) is 3. The van der Waals surface area contributed by atoms with Crippen molar-refractivity contribution in [2.75, 3.05) is 0 Å². The fourth-order valence-corrected chi connectivity index (χ4v) is 8.40. The van der Waals surface area contributed by atoms with Gasteiger partial charge in [0.05, 0.1) is 0 Å². The molecule has 10 aromatic carbocycles. The molecule has 1 aromatic heterocycles. The summed E-state index contributed by atoms with van der Waals surface area (Å²) < 4.78 is 0. The smallest absolute Gasteiger partial charge is 0.164 e. The van der Waals surface area contributed by atoms with Gasteiger partial charge < -0.3 is 0 Å². The second-order valence-corrected chi connectivity index (χ2v) is 14.8. The van der Waals surface area contributed by atoms with Crippen molar-refractivity contribution in [3.8, 4) is 67.5 Å². The molecule has 3 heteroatoms. The van der Waals surface area contributed by atoms with Crippen molar-refractivity contribution >= 4 is 43.1 Å². The second-order valence-electron chi connectivity index (χ2n) is 14.8. The van der Waals surface area contributed by atoms with Crippen molar-refractivity contribution in [2.45, 2.75) is 0 Å². The molecule has 0 aliphatic rings. The topological polar surface area (TPSA) is 38.7 Å². The number of benzene rings is 10. The van der Waals surface area contributed by atoms with Gasteiger partial charge in [0, 0.05) is 16.7 Å². The molecule has 270 valence electrons. The van der Waals surface area contributed by atoms with Crippen molar-refractivity contribution < 1.29 is 0 Å². The molecule has 11 aromatic rings. The molecule has 0 unspecified atom stereocenters. The Balaban J connectivity index is 0.986. The molecular weight excluding hydrogens is 703 g/mol. The summed E-state index contributed by atoms with van der Waals surface area (Å²) >= 11 is 0. The normalized spacial score (nSPS) is 11.4. The van der Waals surface area contributed by atoms with Crippen LogP contribution < -0.4 is 0 Å². The van der Waals surface area contributed by atoms with Gasteiger partial charge in [-0.1, -0.05) is 200 Å². The first kappa shape index (κ1) is 33.6. The molecule has 1 heterocycles. The monoisotopic (exact) mass is 737 g/mol. The third-order valence-corrected chi connectivity index (χ3v) is 11.3. The summed E-state index contributed by atoms with van der Waals surface area (Å²) in [7, 11) is 0. The van der Waals surface area contributed by atoms with Crippen LogP contribution in [0.25, 0.3) is 111 Å². The maximum atomic E-state index is 5.14. The summed E-state index contributed by atoms with van der Waals surface area (Å²) in [6.45, 7) is 0. The van der Waals surface area contributed by atoms with Gasteiger partial charge in [-0.3, -0.25) is 0 Å². The van der Waals surface area contributed by atoms with Crippen LogP contribution in [0, 0.1) is 0 Å². The third kappa shape index (κ3) is 5.98. The van der Waals surface area contributed by atoms with Gasteiger partial charge in [0.15, 0.2) is 17.5 Å². The molecule has 0 spiro atoms. The zero-order valence-electron chi connectivity index (χ0n) is 31.5. The van der Waals surface area contributed by atoms with E-state index in [-0.39, 0.29) is 0 Å². The highest BCUT2D eigenvalue weighted by molar-refractivity contribution is 6.20. The Labute approximate surface area is 336 Å². The predicted molar refractivity (Wildman–Crippen MR) is 242 cm³/mol. The fraction of sp³-hybridized carbons (Fsp3) is 0. The van der Waals surface area contributed by atoms with E-state index in [0.29, 0.717) is 17.5 Å². The van der Waals surface area contributed by atoms with E-state index in [2.05, 4.69) is 200 Å². The highest BCUT2D eigenvalue weighted by Gasteiger charge is 2.17. The Morgan fingerprint density at radius 3 is 1.50 bits per heavy atom. The molecule has 0 fully saturated rings. The minimum absolute atomic E-state index is 0.633. The maximum Gasteiger partial charge on any atom is 0.164 e. The third-order valence-electron chi connectivity index (χ3n) is 11.3. The van der Waals surface area contributed by atoms with E-state index in [1.54, 1.807) is 0 Å². The van der Waals surface area contributed by atoms with Crippen LogP contribution in [0.3, 0.4) is 0 Å². The van der Waals surface area contributed by atoms with Crippen LogP contribution >= 0.6 is 0 Å². The van der Waals surface area contributed by atoms with Crippen LogP contribution in [0.1, 0.15) is 0 Å². The van der Waals surface area contributed by atoms with E-state index in [1.165, 1.54) is 48.8 Å². The Bertz CT molecular complexity index is 3320. The van der Waals surface area contributed by atoms with E-state index in [9.17, 15) is 0 Å². The lowest BCUT2D eigenvalue weighted by Gasteiger charge is -2.14. The van der Waals surface area contributed by atoms with Gasteiger partial charge in [0.1, 0.15) is 0 Å². The quantitative estimate of drug-likeness (QED) is 0.126. The number of fused-ring (bicyclic) bond motifs is 5. The van der Waals surface area contributed by atoms with Crippen LogP contribution in [0.15, 0.2) is 212 Å². The predicted octanol–water partition coefficient (Wildman–Crippen LogP) is 14.5. The zero-order valence-corrected chi connectivity index (χ0v) is 31.5. The van der Waals surface area contributed by atoms with Gasteiger partial charge in [-0.25, -0.2) is 15.0 Å². The Morgan fingerprint density at radius 2 is 0.741 bits per heavy atom. The van der Waals surface area contributed by atoms with E-state index in [1.807, 2.05) is 12.1 Å². The van der Waals surface area contributed by atoms with Crippen LogP contribution in [0.2, 0.25) is 0 Å². The van der Waals surface area contributed by atoms with Crippen molar-refractivity contribution in [2.24, 2.45) is 0 Å². The van der Waals surface area contributed by atoms with Crippen molar-refractivity contribution in [1.82, 2.24) is 15.0 Å². The van der Waals surface area contributed by atoms with Crippen molar-refractivity contribution in [1.29, 1.82) is 0 Å². The number of rotatable bonds is 6. The molecule has 0 N–H and O–H groups in total. The summed E-state index contributed by atoms with van der Waals surface area (Å²) in [5, 5.41) is 9.90. The molecule has 58 heavy (non-hydrogen) atoms. The standard InChI is InChI=1S/C55H35N3/c1-2-13-39(14-3-1)46-18-10-11-21-50(46)55-57-53(56-54(58-55)45-31-26-36-12-4-5-16-43(36)34-45)42-29-24-38(25-30-42)37-22-27-41(28-23-37)52-48-20-9-7-17-44(48)35-51-47-19-8-6-15-40(47)32-33-49(51)52/h1-35H. The first-order valence-electron chi connectivity index (χ1n) is 19.7. The first-order valence-corrected chi connectivity index (χ1v) is 19.7. The summed E-state index contributed by atoms with van der Waals surface area (Å²) in [5.74, 6) is 1.91. The lowest BCUT2D eigenvalue weighted by Crippen LogP contribution is -2.01. The highest BCUT2D eigenvalue weighted by Crippen LogP contribution is 2.40. The average molecular weight is 738 g/mol. The minimum Gasteiger partial charge on any atom is -0.208 e. The largest absolute Gasteiger partial charge is 0.208 e. The highest BCUT2D eigenvalue weighted by atomic mass is 15.0. The van der Waals surface area contributed by atoms with Gasteiger partial charge in [0.2, 0.25) is 0 Å². The summed E-state index contributed by atoms with van der Waals surface area (Å²) in [4.78, 5) is 15.4. The molecule has 0 saturated heterocycles. The van der Waals surface area contributed by atoms with Crippen molar-refractivity contribution in [3.63, 3.8) is 0 Å². The van der Waals surface area contributed by atoms with Gasteiger partial charge in [-0.2, -0.15) is 0 Å². The lowest BCUT2D eigenvalue weighted by molar-refractivity contribution is 1.07. The molecule has 0 saturated carbocycles. The average Bonchev–Trinajstić information content (AvgIpc) is 3.31. The zero-order chi connectivity index (χ0) is 38.4. The van der Waals surface area contributed by atoms with Crippen LogP contribution in [0.5, 0.6) is 0 Å². The van der Waals surface area contributed by atoms with E-state index in [0.717, 1.165) is 44.3 Å². The van der Waals surface area contributed by atoms with Crippen molar-refractivity contribution in [3.05, 3.63) is 212 Å². The molecule has 0 bridgehead atoms. The SMILES string of the molecule is c1ccc(-c2ccccc2-c2nc(-c3ccc(-c4ccc(-c5c6ccccc6cc6c5ccc5ccccc56)cc4)cc3)nc(-c3ccc4ccccc4c3)n2)cc1. The Kier molecular flexibility index (Phi) is 8.15. The molecule has 0 amide bonds. The molecule has 0 radical (unpaired) electrons. The van der Waals surface area contributed by atoms with Crippen LogP contribution in [-0.4, -0.2) is 15.0 Å². The van der Waals surface area contributed by atoms with E-state index >= 15 is 0 Å². The van der Waals surface area contributed by atoms with Gasteiger partial charge in [-0.15, -0.1) is 0 Å². The van der Waals surface area contributed by atoms with E-state index < -0.39 is 0 Å². The van der Waals surface area contributed by atoms with Crippen LogP contribution in [0.4, 0.5) is 0 Å². The maximum absolute atomic E-state index is 5.14. The molecular formula is C55H35N3. The van der Waals surface area contributed by atoms with Gasteiger partial charge in [0.25, 0.3) is 0 Å². The molecule has 11 rings (SSSR count). The number of aromatic nitrogens is 3. The Morgan fingerprint density at radius 1 is 0.224 bits per heavy atom. The van der Waals surface area contributed by atoms with Gasteiger partial charge >= 0.3 is 0 Å². The first-order chi connectivity index (χ1) is 28.7. The molecule has 3 nitrogen and oxygen atoms in total. The summed E-state index contributed by atoms with van der Waals surface area (Å²) in [6.07, 6.45) is 0. The fourth-order valence-electron chi connectivity index (χ4n) is 8.40. The molecule has 0 aliphatic carbocycles. The summed E-state index contributed by atoms with van der Waals surface area (Å²) in [5.41, 5.74) is 9.77. The second kappa shape index (κ2) is 14.1. The minimum atomic E-state index is 0.633. The van der Waals surface area contributed by atoms with E-state index in [4.69, 9.17) is 15.0 Å². The van der Waals surface area contributed by atoms with Gasteiger partial charge in [-0.05, 0) is 88.6 Å². The number of nitrogens with zero attached hydrogens (tertiary/aromatic N) is 3. The molecule has 0 aliphatic heterocycles. The molecule has 0 atom stereocenters. The lowest BCUT2D eigenvalue weighted by atomic mass is 9.89. The number of hydrogen-bond donors (Lipinski definition) is 0. The summed E-state index contributed by atoms with van der Waals surface area (Å²) in [6, 6.07) is 75.4. The van der Waals surface area contributed by atoms with Crippen LogP contribution in [-0.2, 0) is 0 Å².